The van der Waals surface area contributed by atoms with Gasteiger partial charge in [0.25, 0.3) is 11.7 Å². The van der Waals surface area contributed by atoms with E-state index in [9.17, 15) is 9.59 Å². The number of hydrogen-bond acceptors (Lipinski definition) is 2. The molecule has 0 saturated carbocycles. The lowest BCUT2D eigenvalue weighted by Crippen LogP contribution is -2.44. The molecule has 4 nitrogen and oxygen atoms in total. The van der Waals surface area contributed by atoms with Gasteiger partial charge in [0, 0.05) is 16.4 Å². The summed E-state index contributed by atoms with van der Waals surface area (Å²) in [6.07, 6.45) is 0. The standard InChI is InChI=1S/C20H20N2O2/c1-20(2,3)22-19(24)18(23)16-14-11-7-8-12-15(14)21-17(16)13-9-5-4-6-10-13/h4-12,21H,1-3H3,(H,22,24). The minimum Gasteiger partial charge on any atom is -0.354 e. The lowest BCUT2D eigenvalue weighted by atomic mass is 10.0. The molecule has 2 N–H and O–H groups in total. The number of Topliss-reactive ketones (excluding diaryl/α,β-unsaturated/α-hetero) is 1. The fraction of sp³-hybridized carbons (Fsp3) is 0.200. The first-order chi connectivity index (χ1) is 11.4. The van der Waals surface area contributed by atoms with Crippen molar-refractivity contribution < 1.29 is 9.59 Å². The number of fused-ring (bicyclic) bond motifs is 1. The van der Waals surface area contributed by atoms with Crippen LogP contribution < -0.4 is 5.32 Å². The molecule has 4 heteroatoms. The second-order valence-corrected chi connectivity index (χ2v) is 6.82. The maximum Gasteiger partial charge on any atom is 0.292 e. The molecule has 1 heterocycles. The highest BCUT2D eigenvalue weighted by Gasteiger charge is 2.27. The molecule has 3 aromatic rings. The Balaban J connectivity index is 2.15. The molecule has 0 aliphatic carbocycles. The van der Waals surface area contributed by atoms with Gasteiger partial charge in [-0.2, -0.15) is 0 Å². The number of amides is 1. The van der Waals surface area contributed by atoms with E-state index >= 15 is 0 Å². The minimum atomic E-state index is -0.593. The third-order valence-corrected chi connectivity index (χ3v) is 3.69. The van der Waals surface area contributed by atoms with Crippen LogP contribution in [0.5, 0.6) is 0 Å². The molecule has 0 fully saturated rings. The van der Waals surface area contributed by atoms with Gasteiger partial charge in [-0.1, -0.05) is 48.5 Å². The van der Waals surface area contributed by atoms with Crippen molar-refractivity contribution in [1.82, 2.24) is 10.3 Å². The van der Waals surface area contributed by atoms with E-state index in [1.165, 1.54) is 0 Å². The quantitative estimate of drug-likeness (QED) is 0.567. The molecule has 1 amide bonds. The highest BCUT2D eigenvalue weighted by molar-refractivity contribution is 6.46. The van der Waals surface area contributed by atoms with Crippen molar-refractivity contribution in [2.24, 2.45) is 0 Å². The van der Waals surface area contributed by atoms with Crippen molar-refractivity contribution in [3.8, 4) is 11.3 Å². The van der Waals surface area contributed by atoms with Gasteiger partial charge < -0.3 is 10.3 Å². The lowest BCUT2D eigenvalue weighted by molar-refractivity contribution is -0.118. The zero-order valence-corrected chi connectivity index (χ0v) is 14.0. The number of benzene rings is 2. The van der Waals surface area contributed by atoms with Crippen LogP contribution in [0.2, 0.25) is 0 Å². The predicted molar refractivity (Wildman–Crippen MR) is 96.0 cm³/mol. The number of nitrogens with one attached hydrogen (secondary N) is 2. The topological polar surface area (TPSA) is 62.0 Å². The van der Waals surface area contributed by atoms with Crippen LogP contribution in [-0.4, -0.2) is 22.2 Å². The minimum absolute atomic E-state index is 0.415. The summed E-state index contributed by atoms with van der Waals surface area (Å²) in [5.41, 5.74) is 2.33. The van der Waals surface area contributed by atoms with E-state index in [1.807, 2.05) is 75.4 Å². The van der Waals surface area contributed by atoms with Crippen molar-refractivity contribution in [2.75, 3.05) is 0 Å². The SMILES string of the molecule is CC(C)(C)NC(=O)C(=O)c1c(-c2ccccc2)[nH]c2ccccc12. The molecule has 0 spiro atoms. The van der Waals surface area contributed by atoms with Crippen LogP contribution in [0.25, 0.3) is 22.2 Å². The molecule has 0 aliphatic heterocycles. The molecule has 24 heavy (non-hydrogen) atoms. The maximum absolute atomic E-state index is 12.9. The first kappa shape index (κ1) is 16.0. The molecule has 3 rings (SSSR count). The van der Waals surface area contributed by atoms with Crippen LogP contribution >= 0.6 is 0 Å². The van der Waals surface area contributed by atoms with Gasteiger partial charge in [-0.3, -0.25) is 9.59 Å². The first-order valence-corrected chi connectivity index (χ1v) is 7.90. The zero-order valence-electron chi connectivity index (χ0n) is 14.0. The molecule has 122 valence electrons. The highest BCUT2D eigenvalue weighted by atomic mass is 16.2. The normalized spacial score (nSPS) is 11.5. The van der Waals surface area contributed by atoms with Crippen LogP contribution in [0.3, 0.4) is 0 Å². The van der Waals surface area contributed by atoms with Crippen molar-refractivity contribution in [2.45, 2.75) is 26.3 Å². The first-order valence-electron chi connectivity index (χ1n) is 7.90. The number of hydrogen-bond donors (Lipinski definition) is 2. The smallest absolute Gasteiger partial charge is 0.292 e. The number of para-hydroxylation sites is 1. The van der Waals surface area contributed by atoms with Gasteiger partial charge in [0.1, 0.15) is 0 Å². The number of aromatic amines is 1. The Kier molecular flexibility index (Phi) is 3.97. The summed E-state index contributed by atoms with van der Waals surface area (Å²) in [5.74, 6) is -1.12. The number of carbonyl (C=O) groups is 2. The average molecular weight is 320 g/mol. The summed E-state index contributed by atoms with van der Waals surface area (Å²) in [6, 6.07) is 17.1. The van der Waals surface area contributed by atoms with Crippen LogP contribution in [0.15, 0.2) is 54.6 Å². The van der Waals surface area contributed by atoms with Crippen molar-refractivity contribution in [3.05, 3.63) is 60.2 Å². The number of aromatic nitrogens is 1. The van der Waals surface area contributed by atoms with Crippen LogP contribution in [0, 0.1) is 0 Å². The van der Waals surface area contributed by atoms with Crippen LogP contribution in [-0.2, 0) is 4.79 Å². The summed E-state index contributed by atoms with van der Waals surface area (Å²) in [6.45, 7) is 5.56. The van der Waals surface area contributed by atoms with E-state index in [1.54, 1.807) is 0 Å². The fourth-order valence-electron chi connectivity index (χ4n) is 2.71. The van der Waals surface area contributed by atoms with Crippen molar-refractivity contribution in [3.63, 3.8) is 0 Å². The van der Waals surface area contributed by atoms with Gasteiger partial charge in [0.05, 0.1) is 11.3 Å². The van der Waals surface area contributed by atoms with Gasteiger partial charge in [0.2, 0.25) is 0 Å². The highest BCUT2D eigenvalue weighted by Crippen LogP contribution is 2.30. The molecule has 0 atom stereocenters. The molecule has 0 aliphatic rings. The molecule has 0 unspecified atom stereocenters. The third-order valence-electron chi connectivity index (χ3n) is 3.69. The Morgan fingerprint density at radius 3 is 2.21 bits per heavy atom. The van der Waals surface area contributed by atoms with E-state index in [-0.39, 0.29) is 0 Å². The summed E-state index contributed by atoms with van der Waals surface area (Å²) < 4.78 is 0. The summed E-state index contributed by atoms with van der Waals surface area (Å²) in [5, 5.41) is 3.50. The molecule has 0 radical (unpaired) electrons. The maximum atomic E-state index is 12.9. The number of ketones is 1. The van der Waals surface area contributed by atoms with Gasteiger partial charge in [0.15, 0.2) is 0 Å². The van der Waals surface area contributed by atoms with E-state index in [0.29, 0.717) is 11.3 Å². The lowest BCUT2D eigenvalue weighted by Gasteiger charge is -2.19. The monoisotopic (exact) mass is 320 g/mol. The van der Waals surface area contributed by atoms with Crippen molar-refractivity contribution >= 4 is 22.6 Å². The molecule has 0 bridgehead atoms. The molecule has 0 saturated heterocycles. The van der Waals surface area contributed by atoms with E-state index in [0.717, 1.165) is 16.5 Å². The average Bonchev–Trinajstić information content (AvgIpc) is 2.92. The van der Waals surface area contributed by atoms with E-state index in [4.69, 9.17) is 0 Å². The summed E-state index contributed by atoms with van der Waals surface area (Å²) in [7, 11) is 0. The number of carbonyl (C=O) groups excluding carboxylic acids is 2. The summed E-state index contributed by atoms with van der Waals surface area (Å²) in [4.78, 5) is 28.5. The second kappa shape index (κ2) is 5.96. The van der Waals surface area contributed by atoms with Crippen LogP contribution in [0.1, 0.15) is 31.1 Å². The Labute approximate surface area is 140 Å². The third kappa shape index (κ3) is 3.08. The van der Waals surface area contributed by atoms with E-state index < -0.39 is 17.2 Å². The molecule has 2 aromatic carbocycles. The predicted octanol–water partition coefficient (Wildman–Crippen LogP) is 3.93. The fourth-order valence-corrected chi connectivity index (χ4v) is 2.71. The molecule has 1 aromatic heterocycles. The molecular weight excluding hydrogens is 300 g/mol. The van der Waals surface area contributed by atoms with Gasteiger partial charge in [-0.15, -0.1) is 0 Å². The van der Waals surface area contributed by atoms with Gasteiger partial charge in [-0.25, -0.2) is 0 Å². The van der Waals surface area contributed by atoms with Gasteiger partial charge >= 0.3 is 0 Å². The number of rotatable bonds is 3. The van der Waals surface area contributed by atoms with Crippen LogP contribution in [0.4, 0.5) is 0 Å². The Hall–Kier alpha value is -2.88. The Bertz CT molecular complexity index is 902. The summed E-state index contributed by atoms with van der Waals surface area (Å²) >= 11 is 0. The zero-order chi connectivity index (χ0) is 17.3. The van der Waals surface area contributed by atoms with Crippen molar-refractivity contribution in [1.29, 1.82) is 0 Å². The number of H-pyrrole nitrogens is 1. The largest absolute Gasteiger partial charge is 0.354 e. The van der Waals surface area contributed by atoms with Gasteiger partial charge in [-0.05, 0) is 32.4 Å². The molecular formula is C20H20N2O2. The second-order valence-electron chi connectivity index (χ2n) is 6.82. The Morgan fingerprint density at radius 2 is 1.54 bits per heavy atom. The Morgan fingerprint density at radius 1 is 0.917 bits per heavy atom. The van der Waals surface area contributed by atoms with E-state index in [2.05, 4.69) is 10.3 Å².